The van der Waals surface area contributed by atoms with Crippen LogP contribution in [0.3, 0.4) is 0 Å². The molecular weight excluding hydrogens is 200 g/mol. The predicted molar refractivity (Wildman–Crippen MR) is 51.7 cm³/mol. The van der Waals surface area contributed by atoms with Crippen LogP contribution in [0.1, 0.15) is 17.3 Å². The molecule has 15 heavy (non-hydrogen) atoms. The number of Topliss-reactive ketones (excluding diaryl/α,β-unsaturated/α-hetero) is 1. The fourth-order valence-electron chi connectivity index (χ4n) is 1.66. The average Bonchev–Trinajstić information content (AvgIpc) is 2.17. The molecule has 1 aromatic rings. The fourth-order valence-corrected chi connectivity index (χ4v) is 1.66. The van der Waals surface area contributed by atoms with Crippen LogP contribution in [0.15, 0.2) is 18.2 Å². The standard InChI is InChI=1S/C11H11F2NO/c1-11(5-14-6-11)10(15)8-4-7(12)2-3-9(8)13/h2-4,14H,5-6H2,1H3. The zero-order valence-corrected chi connectivity index (χ0v) is 8.31. The first-order chi connectivity index (χ1) is 7.03. The Morgan fingerprint density at radius 3 is 2.60 bits per heavy atom. The van der Waals surface area contributed by atoms with E-state index in [1.165, 1.54) is 0 Å². The highest BCUT2D eigenvalue weighted by molar-refractivity contribution is 6.01. The first kappa shape index (κ1) is 10.2. The molecule has 1 N–H and O–H groups in total. The lowest BCUT2D eigenvalue weighted by atomic mass is 9.77. The van der Waals surface area contributed by atoms with E-state index in [0.717, 1.165) is 18.2 Å². The van der Waals surface area contributed by atoms with E-state index in [-0.39, 0.29) is 11.3 Å². The van der Waals surface area contributed by atoms with Gasteiger partial charge in [-0.15, -0.1) is 0 Å². The van der Waals surface area contributed by atoms with Gasteiger partial charge in [0.25, 0.3) is 0 Å². The zero-order valence-electron chi connectivity index (χ0n) is 8.31. The van der Waals surface area contributed by atoms with E-state index < -0.39 is 17.0 Å². The van der Waals surface area contributed by atoms with Crippen molar-refractivity contribution < 1.29 is 13.6 Å². The van der Waals surface area contributed by atoms with Crippen LogP contribution in [0.4, 0.5) is 8.78 Å². The van der Waals surface area contributed by atoms with Gasteiger partial charge in [0.05, 0.1) is 11.0 Å². The van der Waals surface area contributed by atoms with Gasteiger partial charge in [-0.3, -0.25) is 4.79 Å². The maximum absolute atomic E-state index is 13.3. The quantitative estimate of drug-likeness (QED) is 0.755. The number of rotatable bonds is 2. The summed E-state index contributed by atoms with van der Waals surface area (Å²) in [6, 6.07) is 2.95. The SMILES string of the molecule is CC1(C(=O)c2cc(F)ccc2F)CNC1. The first-order valence-electron chi connectivity index (χ1n) is 4.73. The van der Waals surface area contributed by atoms with Crippen molar-refractivity contribution in [2.24, 2.45) is 5.41 Å². The summed E-state index contributed by atoms with van der Waals surface area (Å²) in [5.74, 6) is -1.58. The molecule has 2 rings (SSSR count). The molecule has 1 aromatic carbocycles. The summed E-state index contributed by atoms with van der Waals surface area (Å²) in [5.41, 5.74) is -0.742. The van der Waals surface area contributed by atoms with E-state index in [1.807, 2.05) is 0 Å². The zero-order chi connectivity index (χ0) is 11.1. The fraction of sp³-hybridized carbons (Fsp3) is 0.364. The second-order valence-corrected chi connectivity index (χ2v) is 4.12. The second-order valence-electron chi connectivity index (χ2n) is 4.12. The van der Waals surface area contributed by atoms with Gasteiger partial charge < -0.3 is 5.32 Å². The molecule has 0 unspecified atom stereocenters. The lowest BCUT2D eigenvalue weighted by molar-refractivity contribution is 0.0716. The monoisotopic (exact) mass is 211 g/mol. The highest BCUT2D eigenvalue weighted by atomic mass is 19.1. The van der Waals surface area contributed by atoms with Crippen molar-refractivity contribution in [3.63, 3.8) is 0 Å². The van der Waals surface area contributed by atoms with Crippen molar-refractivity contribution in [3.8, 4) is 0 Å². The molecule has 1 saturated heterocycles. The molecule has 1 aliphatic heterocycles. The Labute approximate surface area is 86.3 Å². The summed E-state index contributed by atoms with van der Waals surface area (Å²) >= 11 is 0. The molecule has 1 aliphatic rings. The maximum Gasteiger partial charge on any atom is 0.174 e. The third-order valence-electron chi connectivity index (χ3n) is 2.75. The Balaban J connectivity index is 2.36. The van der Waals surface area contributed by atoms with Crippen LogP contribution in [0, 0.1) is 17.0 Å². The van der Waals surface area contributed by atoms with Crippen molar-refractivity contribution >= 4 is 5.78 Å². The number of nitrogens with one attached hydrogen (secondary N) is 1. The third-order valence-corrected chi connectivity index (χ3v) is 2.75. The molecule has 0 aliphatic carbocycles. The van der Waals surface area contributed by atoms with Crippen LogP contribution in [0.25, 0.3) is 0 Å². The van der Waals surface area contributed by atoms with E-state index in [0.29, 0.717) is 13.1 Å². The van der Waals surface area contributed by atoms with E-state index in [9.17, 15) is 13.6 Å². The van der Waals surface area contributed by atoms with Crippen molar-refractivity contribution in [1.82, 2.24) is 5.32 Å². The number of carbonyl (C=O) groups is 1. The number of carbonyl (C=O) groups excluding carboxylic acids is 1. The lowest BCUT2D eigenvalue weighted by Crippen LogP contribution is -2.56. The van der Waals surface area contributed by atoms with Crippen LogP contribution < -0.4 is 5.32 Å². The Hall–Kier alpha value is -1.29. The molecule has 1 heterocycles. The molecule has 80 valence electrons. The van der Waals surface area contributed by atoms with Crippen molar-refractivity contribution in [1.29, 1.82) is 0 Å². The normalized spacial score (nSPS) is 18.3. The molecule has 2 nitrogen and oxygen atoms in total. The van der Waals surface area contributed by atoms with Crippen LogP contribution in [-0.4, -0.2) is 18.9 Å². The van der Waals surface area contributed by atoms with Gasteiger partial charge in [-0.05, 0) is 25.1 Å². The molecular formula is C11H11F2NO. The number of halogens is 2. The van der Waals surface area contributed by atoms with Crippen molar-refractivity contribution in [2.75, 3.05) is 13.1 Å². The Morgan fingerprint density at radius 2 is 2.07 bits per heavy atom. The van der Waals surface area contributed by atoms with E-state index in [1.54, 1.807) is 6.92 Å². The van der Waals surface area contributed by atoms with Gasteiger partial charge in [0, 0.05) is 13.1 Å². The molecule has 0 aromatic heterocycles. The molecule has 0 saturated carbocycles. The highest BCUT2D eigenvalue weighted by Crippen LogP contribution is 2.28. The lowest BCUT2D eigenvalue weighted by Gasteiger charge is -2.37. The smallest absolute Gasteiger partial charge is 0.174 e. The van der Waals surface area contributed by atoms with Gasteiger partial charge in [-0.1, -0.05) is 0 Å². The Morgan fingerprint density at radius 1 is 1.40 bits per heavy atom. The van der Waals surface area contributed by atoms with Gasteiger partial charge in [-0.25, -0.2) is 8.78 Å². The maximum atomic E-state index is 13.3. The number of benzene rings is 1. The third kappa shape index (κ3) is 1.65. The summed E-state index contributed by atoms with van der Waals surface area (Å²) in [7, 11) is 0. The van der Waals surface area contributed by atoms with Crippen LogP contribution >= 0.6 is 0 Å². The topological polar surface area (TPSA) is 29.1 Å². The molecule has 0 atom stereocenters. The number of hydrogen-bond donors (Lipinski definition) is 1. The summed E-state index contributed by atoms with van der Waals surface area (Å²) < 4.78 is 26.2. The molecule has 1 fully saturated rings. The van der Waals surface area contributed by atoms with Gasteiger partial charge in [-0.2, -0.15) is 0 Å². The van der Waals surface area contributed by atoms with Gasteiger partial charge in [0.1, 0.15) is 11.6 Å². The second kappa shape index (κ2) is 3.38. The summed E-state index contributed by atoms with van der Waals surface area (Å²) in [5, 5.41) is 2.95. The van der Waals surface area contributed by atoms with Crippen LogP contribution in [0.2, 0.25) is 0 Å². The summed E-state index contributed by atoms with van der Waals surface area (Å²) in [6.45, 7) is 2.78. The van der Waals surface area contributed by atoms with Crippen LogP contribution in [-0.2, 0) is 0 Å². The highest BCUT2D eigenvalue weighted by Gasteiger charge is 2.40. The van der Waals surface area contributed by atoms with Gasteiger partial charge >= 0.3 is 0 Å². The molecule has 0 radical (unpaired) electrons. The molecule has 0 bridgehead atoms. The van der Waals surface area contributed by atoms with Crippen LogP contribution in [0.5, 0.6) is 0 Å². The first-order valence-corrected chi connectivity index (χ1v) is 4.73. The molecule has 0 amide bonds. The Kier molecular flexibility index (Phi) is 2.31. The minimum Gasteiger partial charge on any atom is -0.315 e. The van der Waals surface area contributed by atoms with Gasteiger partial charge in [0.2, 0.25) is 0 Å². The molecule has 4 heteroatoms. The average molecular weight is 211 g/mol. The number of hydrogen-bond acceptors (Lipinski definition) is 2. The van der Waals surface area contributed by atoms with Gasteiger partial charge in [0.15, 0.2) is 5.78 Å². The minimum absolute atomic E-state index is 0.154. The minimum atomic E-state index is -0.658. The van der Waals surface area contributed by atoms with E-state index >= 15 is 0 Å². The van der Waals surface area contributed by atoms with Crippen molar-refractivity contribution in [3.05, 3.63) is 35.4 Å². The molecule has 0 spiro atoms. The summed E-state index contributed by atoms with van der Waals surface area (Å²) in [6.07, 6.45) is 0. The van der Waals surface area contributed by atoms with Crippen molar-refractivity contribution in [2.45, 2.75) is 6.92 Å². The Bertz CT molecular complexity index is 413. The predicted octanol–water partition coefficient (Wildman–Crippen LogP) is 1.76. The van der Waals surface area contributed by atoms with E-state index in [4.69, 9.17) is 0 Å². The number of ketones is 1. The van der Waals surface area contributed by atoms with E-state index in [2.05, 4.69) is 5.32 Å². The summed E-state index contributed by atoms with van der Waals surface area (Å²) in [4.78, 5) is 11.9. The largest absolute Gasteiger partial charge is 0.315 e.